The van der Waals surface area contributed by atoms with Gasteiger partial charge in [-0.1, -0.05) is 12.1 Å². The number of likely N-dealkylation sites (N-methyl/N-ethyl adjacent to an activating group) is 1. The highest BCUT2D eigenvalue weighted by molar-refractivity contribution is 5.42. The lowest BCUT2D eigenvalue weighted by Gasteiger charge is -2.30. The van der Waals surface area contributed by atoms with Crippen molar-refractivity contribution in [2.75, 3.05) is 21.2 Å². The molecule has 0 N–H and O–H groups in total. The van der Waals surface area contributed by atoms with Crippen LogP contribution in [-0.2, 0) is 12.8 Å². The van der Waals surface area contributed by atoms with Crippen LogP contribution in [-0.4, -0.2) is 32.1 Å². The van der Waals surface area contributed by atoms with Gasteiger partial charge in [0, 0.05) is 6.04 Å². The van der Waals surface area contributed by atoms with Gasteiger partial charge in [-0.2, -0.15) is 0 Å². The first kappa shape index (κ1) is 10.5. The highest BCUT2D eigenvalue weighted by Gasteiger charge is 2.21. The van der Waals surface area contributed by atoms with Crippen LogP contribution in [0.15, 0.2) is 18.2 Å². The summed E-state index contributed by atoms with van der Waals surface area (Å²) in [5, 5.41) is 0. The van der Waals surface area contributed by atoms with Crippen molar-refractivity contribution in [1.29, 1.82) is 0 Å². The number of ether oxygens (including phenoxy) is 1. The van der Waals surface area contributed by atoms with Gasteiger partial charge in [0.1, 0.15) is 5.75 Å². The fourth-order valence-electron chi connectivity index (χ4n) is 2.38. The van der Waals surface area contributed by atoms with Crippen molar-refractivity contribution >= 4 is 0 Å². The monoisotopic (exact) mass is 205 g/mol. The lowest BCUT2D eigenvalue weighted by atomic mass is 9.87. The standard InChI is InChI=1S/C13H19NO/c1-14(2)11-7-8-12-10(9-11)5-4-6-13(12)15-3/h4-6,11H,7-9H2,1-3H3/t11-/m0/s1. The zero-order valence-electron chi connectivity index (χ0n) is 9.79. The fourth-order valence-corrected chi connectivity index (χ4v) is 2.38. The van der Waals surface area contributed by atoms with E-state index in [1.54, 1.807) is 7.11 Å². The van der Waals surface area contributed by atoms with Crippen LogP contribution < -0.4 is 4.74 Å². The minimum absolute atomic E-state index is 0.685. The molecule has 2 nitrogen and oxygen atoms in total. The van der Waals surface area contributed by atoms with Gasteiger partial charge in [-0.25, -0.2) is 0 Å². The molecule has 2 heteroatoms. The van der Waals surface area contributed by atoms with E-state index < -0.39 is 0 Å². The van der Waals surface area contributed by atoms with Crippen molar-refractivity contribution in [3.05, 3.63) is 29.3 Å². The summed E-state index contributed by atoms with van der Waals surface area (Å²) >= 11 is 0. The number of nitrogens with zero attached hydrogens (tertiary/aromatic N) is 1. The van der Waals surface area contributed by atoms with Crippen LogP contribution >= 0.6 is 0 Å². The van der Waals surface area contributed by atoms with E-state index in [0.717, 1.165) is 18.6 Å². The van der Waals surface area contributed by atoms with Gasteiger partial charge in [-0.05, 0) is 50.6 Å². The Hall–Kier alpha value is -1.02. The highest BCUT2D eigenvalue weighted by atomic mass is 16.5. The van der Waals surface area contributed by atoms with Gasteiger partial charge in [0.05, 0.1) is 7.11 Å². The van der Waals surface area contributed by atoms with Gasteiger partial charge < -0.3 is 9.64 Å². The zero-order chi connectivity index (χ0) is 10.8. The van der Waals surface area contributed by atoms with Crippen molar-refractivity contribution < 1.29 is 4.74 Å². The largest absolute Gasteiger partial charge is 0.496 e. The Balaban J connectivity index is 2.27. The van der Waals surface area contributed by atoms with Gasteiger partial charge >= 0.3 is 0 Å². The Kier molecular flexibility index (Phi) is 2.96. The second-order valence-corrected chi connectivity index (χ2v) is 4.46. The third kappa shape index (κ3) is 2.00. The molecule has 0 saturated carbocycles. The van der Waals surface area contributed by atoms with E-state index in [0.29, 0.717) is 6.04 Å². The number of rotatable bonds is 2. The predicted octanol–water partition coefficient (Wildman–Crippen LogP) is 2.11. The van der Waals surface area contributed by atoms with Crippen LogP contribution in [0.4, 0.5) is 0 Å². The molecule has 0 aliphatic heterocycles. The minimum atomic E-state index is 0.685. The quantitative estimate of drug-likeness (QED) is 0.733. The normalized spacial score (nSPS) is 20.1. The molecule has 2 rings (SSSR count). The van der Waals surface area contributed by atoms with E-state index in [2.05, 4.69) is 37.2 Å². The van der Waals surface area contributed by atoms with Gasteiger partial charge in [-0.3, -0.25) is 0 Å². The number of hydrogen-bond acceptors (Lipinski definition) is 2. The molecule has 0 aromatic heterocycles. The molecule has 1 aliphatic carbocycles. The lowest BCUT2D eigenvalue weighted by Crippen LogP contribution is -2.33. The van der Waals surface area contributed by atoms with E-state index in [1.165, 1.54) is 17.5 Å². The summed E-state index contributed by atoms with van der Waals surface area (Å²) in [6.45, 7) is 0. The SMILES string of the molecule is COc1cccc2c1CC[C@H](N(C)C)C2. The molecule has 0 amide bonds. The second kappa shape index (κ2) is 4.23. The van der Waals surface area contributed by atoms with E-state index in [1.807, 2.05) is 0 Å². The molecule has 0 heterocycles. The first-order valence-electron chi connectivity index (χ1n) is 5.53. The number of fused-ring (bicyclic) bond motifs is 1. The third-order valence-electron chi connectivity index (χ3n) is 3.36. The number of hydrogen-bond donors (Lipinski definition) is 0. The molecule has 0 spiro atoms. The topological polar surface area (TPSA) is 12.5 Å². The second-order valence-electron chi connectivity index (χ2n) is 4.46. The average molecular weight is 205 g/mol. The van der Waals surface area contributed by atoms with Crippen molar-refractivity contribution in [3.8, 4) is 5.75 Å². The average Bonchev–Trinajstić information content (AvgIpc) is 2.27. The first-order chi connectivity index (χ1) is 7.22. The maximum Gasteiger partial charge on any atom is 0.122 e. The van der Waals surface area contributed by atoms with Crippen molar-refractivity contribution in [3.63, 3.8) is 0 Å². The van der Waals surface area contributed by atoms with Crippen LogP contribution in [0.25, 0.3) is 0 Å². The summed E-state index contributed by atoms with van der Waals surface area (Å²) in [6, 6.07) is 7.07. The van der Waals surface area contributed by atoms with Crippen LogP contribution in [0, 0.1) is 0 Å². The third-order valence-corrected chi connectivity index (χ3v) is 3.36. The Morgan fingerprint density at radius 1 is 1.33 bits per heavy atom. The Bertz CT molecular complexity index is 346. The summed E-state index contributed by atoms with van der Waals surface area (Å²) in [7, 11) is 6.08. The molecule has 0 fully saturated rings. The van der Waals surface area contributed by atoms with Crippen molar-refractivity contribution in [2.24, 2.45) is 0 Å². The molecule has 0 radical (unpaired) electrons. The van der Waals surface area contributed by atoms with Crippen LogP contribution in [0.3, 0.4) is 0 Å². The van der Waals surface area contributed by atoms with Crippen LogP contribution in [0.1, 0.15) is 17.5 Å². The molecule has 1 aromatic carbocycles. The lowest BCUT2D eigenvalue weighted by molar-refractivity contribution is 0.266. The van der Waals surface area contributed by atoms with Gasteiger partial charge in [0.2, 0.25) is 0 Å². The van der Waals surface area contributed by atoms with Crippen molar-refractivity contribution in [2.45, 2.75) is 25.3 Å². The Morgan fingerprint density at radius 3 is 2.80 bits per heavy atom. The van der Waals surface area contributed by atoms with E-state index in [9.17, 15) is 0 Å². The first-order valence-corrected chi connectivity index (χ1v) is 5.53. The van der Waals surface area contributed by atoms with Crippen LogP contribution in [0.5, 0.6) is 5.75 Å². The summed E-state index contributed by atoms with van der Waals surface area (Å²) in [4.78, 5) is 2.32. The summed E-state index contributed by atoms with van der Waals surface area (Å²) < 4.78 is 5.39. The van der Waals surface area contributed by atoms with Crippen LogP contribution in [0.2, 0.25) is 0 Å². The number of benzene rings is 1. The molecular formula is C13H19NO. The molecule has 82 valence electrons. The van der Waals surface area contributed by atoms with E-state index >= 15 is 0 Å². The molecule has 1 aromatic rings. The number of methoxy groups -OCH3 is 1. The van der Waals surface area contributed by atoms with Crippen molar-refractivity contribution in [1.82, 2.24) is 4.90 Å². The summed E-state index contributed by atoms with van der Waals surface area (Å²) in [6.07, 6.45) is 3.53. The van der Waals surface area contributed by atoms with Gasteiger partial charge in [0.25, 0.3) is 0 Å². The predicted molar refractivity (Wildman–Crippen MR) is 62.5 cm³/mol. The zero-order valence-corrected chi connectivity index (χ0v) is 9.79. The molecule has 0 saturated heterocycles. The van der Waals surface area contributed by atoms with E-state index in [4.69, 9.17) is 4.74 Å². The van der Waals surface area contributed by atoms with Gasteiger partial charge in [0.15, 0.2) is 0 Å². The molecule has 15 heavy (non-hydrogen) atoms. The van der Waals surface area contributed by atoms with E-state index in [-0.39, 0.29) is 0 Å². The maximum absolute atomic E-state index is 5.39. The summed E-state index contributed by atoms with van der Waals surface area (Å²) in [5.41, 5.74) is 2.87. The molecule has 0 unspecified atom stereocenters. The molecule has 1 atom stereocenters. The Labute approximate surface area is 91.9 Å². The smallest absolute Gasteiger partial charge is 0.122 e. The Morgan fingerprint density at radius 2 is 2.13 bits per heavy atom. The van der Waals surface area contributed by atoms with Gasteiger partial charge in [-0.15, -0.1) is 0 Å². The maximum atomic E-state index is 5.39. The molecule has 0 bridgehead atoms. The molecule has 1 aliphatic rings. The highest BCUT2D eigenvalue weighted by Crippen LogP contribution is 2.30. The minimum Gasteiger partial charge on any atom is -0.496 e. The fraction of sp³-hybridized carbons (Fsp3) is 0.538. The molecular weight excluding hydrogens is 186 g/mol. The summed E-state index contributed by atoms with van der Waals surface area (Å²) in [5.74, 6) is 1.06.